The third kappa shape index (κ3) is 4.11. The third-order valence-electron chi connectivity index (χ3n) is 1.64. The minimum Gasteiger partial charge on any atom is -0.269 e. The van der Waals surface area contributed by atoms with Gasteiger partial charge in [-0.15, -0.1) is 0 Å². The highest BCUT2D eigenvalue weighted by Gasteiger charge is 2.01. The molecule has 0 saturated carbocycles. The van der Waals surface area contributed by atoms with Crippen LogP contribution in [-0.2, 0) is 6.54 Å². The van der Waals surface area contributed by atoms with Gasteiger partial charge in [-0.2, -0.15) is 5.10 Å². The average Bonchev–Trinajstić information content (AvgIpc) is 2.33. The van der Waals surface area contributed by atoms with Crippen LogP contribution in [0.5, 0.6) is 0 Å². The molecule has 0 fully saturated rings. The molecule has 2 nitrogen and oxygen atoms in total. The maximum absolute atomic E-state index is 4.37. The summed E-state index contributed by atoms with van der Waals surface area (Å²) in [4.78, 5) is 0. The Kier molecular flexibility index (Phi) is 5.44. The highest BCUT2D eigenvalue weighted by Crippen LogP contribution is 2.04. The van der Waals surface area contributed by atoms with Gasteiger partial charge in [-0.05, 0) is 25.8 Å². The Labute approximate surface area is 82.0 Å². The lowest BCUT2D eigenvalue weighted by atomic mass is 10.2. The van der Waals surface area contributed by atoms with E-state index < -0.39 is 0 Å². The van der Waals surface area contributed by atoms with E-state index in [9.17, 15) is 0 Å². The van der Waals surface area contributed by atoms with Gasteiger partial charge in [0.25, 0.3) is 0 Å². The Balaban J connectivity index is 0.000000671. The lowest BCUT2D eigenvalue weighted by molar-refractivity contribution is 0.473. The fourth-order valence-corrected chi connectivity index (χ4v) is 1.21. The Morgan fingerprint density at radius 3 is 2.15 bits per heavy atom. The van der Waals surface area contributed by atoms with Crippen molar-refractivity contribution in [2.24, 2.45) is 5.92 Å². The molecule has 0 radical (unpaired) electrons. The normalized spacial score (nSPS) is 9.77. The predicted molar refractivity (Wildman–Crippen MR) is 57.9 cm³/mol. The first-order valence-electron chi connectivity index (χ1n) is 5.10. The molecular formula is C11H22N2. The van der Waals surface area contributed by atoms with Crippen LogP contribution in [0.3, 0.4) is 0 Å². The van der Waals surface area contributed by atoms with E-state index >= 15 is 0 Å². The van der Waals surface area contributed by atoms with E-state index in [1.165, 1.54) is 5.69 Å². The van der Waals surface area contributed by atoms with E-state index in [2.05, 4.69) is 36.6 Å². The Morgan fingerprint density at radius 2 is 1.85 bits per heavy atom. The summed E-state index contributed by atoms with van der Waals surface area (Å²) < 4.78 is 2.07. The SMILES string of the molecule is CC.Cc1cc(C)n(CC(C)C)n1. The van der Waals surface area contributed by atoms with E-state index in [1.807, 2.05) is 20.8 Å². The van der Waals surface area contributed by atoms with Gasteiger partial charge in [-0.3, -0.25) is 4.68 Å². The lowest BCUT2D eigenvalue weighted by Crippen LogP contribution is -2.07. The summed E-state index contributed by atoms with van der Waals surface area (Å²) in [6.45, 7) is 13.6. The molecule has 2 heteroatoms. The monoisotopic (exact) mass is 182 g/mol. The highest BCUT2D eigenvalue weighted by atomic mass is 15.3. The number of aromatic nitrogens is 2. The molecule has 76 valence electrons. The molecule has 0 saturated heterocycles. The van der Waals surface area contributed by atoms with Gasteiger partial charge in [0.1, 0.15) is 0 Å². The number of rotatable bonds is 2. The second-order valence-corrected chi connectivity index (χ2v) is 3.50. The average molecular weight is 182 g/mol. The summed E-state index contributed by atoms with van der Waals surface area (Å²) in [5, 5.41) is 4.37. The summed E-state index contributed by atoms with van der Waals surface area (Å²) in [6.07, 6.45) is 0. The Hall–Kier alpha value is -0.790. The van der Waals surface area contributed by atoms with Crippen LogP contribution < -0.4 is 0 Å². The Morgan fingerprint density at radius 1 is 1.31 bits per heavy atom. The maximum Gasteiger partial charge on any atom is 0.0596 e. The van der Waals surface area contributed by atoms with Crippen molar-refractivity contribution in [1.29, 1.82) is 0 Å². The quantitative estimate of drug-likeness (QED) is 0.687. The molecule has 13 heavy (non-hydrogen) atoms. The van der Waals surface area contributed by atoms with Gasteiger partial charge < -0.3 is 0 Å². The Bertz CT molecular complexity index is 236. The zero-order valence-electron chi connectivity index (χ0n) is 9.76. The van der Waals surface area contributed by atoms with Crippen molar-refractivity contribution < 1.29 is 0 Å². The van der Waals surface area contributed by atoms with Gasteiger partial charge in [-0.1, -0.05) is 27.7 Å². The van der Waals surface area contributed by atoms with E-state index in [1.54, 1.807) is 0 Å². The first-order valence-corrected chi connectivity index (χ1v) is 5.10. The zero-order valence-corrected chi connectivity index (χ0v) is 9.76. The molecule has 0 atom stereocenters. The molecule has 0 unspecified atom stereocenters. The van der Waals surface area contributed by atoms with Gasteiger partial charge in [0.05, 0.1) is 5.69 Å². The molecule has 0 N–H and O–H groups in total. The lowest BCUT2D eigenvalue weighted by Gasteiger charge is -2.06. The smallest absolute Gasteiger partial charge is 0.0596 e. The fraction of sp³-hybridized carbons (Fsp3) is 0.727. The van der Waals surface area contributed by atoms with Gasteiger partial charge >= 0.3 is 0 Å². The summed E-state index contributed by atoms with van der Waals surface area (Å²) in [6, 6.07) is 2.11. The molecule has 0 aliphatic heterocycles. The molecule has 0 bridgehead atoms. The second kappa shape index (κ2) is 5.79. The van der Waals surface area contributed by atoms with Gasteiger partial charge in [0, 0.05) is 12.2 Å². The fourth-order valence-electron chi connectivity index (χ4n) is 1.21. The summed E-state index contributed by atoms with van der Waals surface area (Å²) in [7, 11) is 0. The summed E-state index contributed by atoms with van der Waals surface area (Å²) >= 11 is 0. The van der Waals surface area contributed by atoms with Crippen molar-refractivity contribution in [2.75, 3.05) is 0 Å². The van der Waals surface area contributed by atoms with Crippen LogP contribution >= 0.6 is 0 Å². The van der Waals surface area contributed by atoms with Crippen molar-refractivity contribution >= 4 is 0 Å². The molecule has 0 aromatic carbocycles. The van der Waals surface area contributed by atoms with E-state index in [-0.39, 0.29) is 0 Å². The highest BCUT2D eigenvalue weighted by molar-refractivity contribution is 5.06. The number of nitrogens with zero attached hydrogens (tertiary/aromatic N) is 2. The zero-order chi connectivity index (χ0) is 10.4. The van der Waals surface area contributed by atoms with Crippen molar-refractivity contribution in [3.05, 3.63) is 17.5 Å². The maximum atomic E-state index is 4.37. The molecule has 1 aromatic heterocycles. The van der Waals surface area contributed by atoms with Crippen LogP contribution in [0.1, 0.15) is 39.1 Å². The molecule has 0 aliphatic carbocycles. The van der Waals surface area contributed by atoms with E-state index in [0.29, 0.717) is 5.92 Å². The van der Waals surface area contributed by atoms with Crippen LogP contribution in [0.4, 0.5) is 0 Å². The second-order valence-electron chi connectivity index (χ2n) is 3.50. The minimum absolute atomic E-state index is 0.674. The molecular weight excluding hydrogens is 160 g/mol. The molecule has 0 spiro atoms. The number of hydrogen-bond donors (Lipinski definition) is 0. The van der Waals surface area contributed by atoms with Gasteiger partial charge in [-0.25, -0.2) is 0 Å². The van der Waals surface area contributed by atoms with E-state index in [4.69, 9.17) is 0 Å². The van der Waals surface area contributed by atoms with Crippen molar-refractivity contribution in [2.45, 2.75) is 48.1 Å². The molecule has 1 heterocycles. The largest absolute Gasteiger partial charge is 0.269 e. The van der Waals surface area contributed by atoms with Crippen LogP contribution in [0.25, 0.3) is 0 Å². The topological polar surface area (TPSA) is 17.8 Å². The van der Waals surface area contributed by atoms with Crippen LogP contribution in [0.2, 0.25) is 0 Å². The number of aryl methyl sites for hydroxylation is 2. The molecule has 0 aliphatic rings. The van der Waals surface area contributed by atoms with Crippen molar-refractivity contribution in [3.8, 4) is 0 Å². The minimum atomic E-state index is 0.674. The first-order chi connectivity index (χ1) is 6.09. The van der Waals surface area contributed by atoms with Gasteiger partial charge in [0.15, 0.2) is 0 Å². The predicted octanol–water partition coefficient (Wildman–Crippen LogP) is 3.18. The van der Waals surface area contributed by atoms with Crippen molar-refractivity contribution in [3.63, 3.8) is 0 Å². The van der Waals surface area contributed by atoms with Crippen LogP contribution in [-0.4, -0.2) is 9.78 Å². The van der Waals surface area contributed by atoms with Crippen LogP contribution in [0.15, 0.2) is 6.07 Å². The van der Waals surface area contributed by atoms with E-state index in [0.717, 1.165) is 12.2 Å². The molecule has 1 aromatic rings. The van der Waals surface area contributed by atoms with Crippen molar-refractivity contribution in [1.82, 2.24) is 9.78 Å². The number of hydrogen-bond acceptors (Lipinski definition) is 1. The van der Waals surface area contributed by atoms with Crippen LogP contribution in [0, 0.1) is 19.8 Å². The summed E-state index contributed by atoms with van der Waals surface area (Å²) in [5.74, 6) is 0.674. The summed E-state index contributed by atoms with van der Waals surface area (Å²) in [5.41, 5.74) is 2.37. The first kappa shape index (κ1) is 12.2. The molecule has 0 amide bonds. The third-order valence-corrected chi connectivity index (χ3v) is 1.64. The van der Waals surface area contributed by atoms with Gasteiger partial charge in [0.2, 0.25) is 0 Å². The molecule has 1 rings (SSSR count). The standard InChI is InChI=1S/C9H16N2.C2H6/c1-7(2)6-11-9(4)5-8(3)10-11;1-2/h5,7H,6H2,1-4H3;1-2H3.